The molecule has 0 bridgehead atoms. The van der Waals surface area contributed by atoms with Crippen LogP contribution in [0.4, 0.5) is 0 Å². The van der Waals surface area contributed by atoms with E-state index in [1.54, 1.807) is 51.4 Å². The summed E-state index contributed by atoms with van der Waals surface area (Å²) in [5.41, 5.74) is 1.47. The van der Waals surface area contributed by atoms with E-state index in [2.05, 4.69) is 13.8 Å². The number of hydrogen-bond acceptors (Lipinski definition) is 0. The van der Waals surface area contributed by atoms with Crippen LogP contribution >= 0.6 is 0 Å². The predicted molar refractivity (Wildman–Crippen MR) is 85.6 cm³/mol. The summed E-state index contributed by atoms with van der Waals surface area (Å²) in [6.07, 6.45) is 18.6. The van der Waals surface area contributed by atoms with Crippen molar-refractivity contribution in [3.63, 3.8) is 0 Å². The molecule has 4 saturated carbocycles. The van der Waals surface area contributed by atoms with Crippen molar-refractivity contribution >= 4 is 0 Å². The van der Waals surface area contributed by atoms with Crippen LogP contribution in [0.25, 0.3) is 0 Å². The summed E-state index contributed by atoms with van der Waals surface area (Å²) in [4.78, 5) is 0. The van der Waals surface area contributed by atoms with Crippen LogP contribution in [0.1, 0.15) is 90.9 Å². The molecule has 0 unspecified atom stereocenters. The molecule has 0 nitrogen and oxygen atoms in total. The van der Waals surface area contributed by atoms with Gasteiger partial charge in [-0.25, -0.2) is 0 Å². The zero-order valence-electron chi connectivity index (χ0n) is 13.8. The zero-order valence-corrected chi connectivity index (χ0v) is 13.8. The van der Waals surface area contributed by atoms with Gasteiger partial charge < -0.3 is 0 Å². The van der Waals surface area contributed by atoms with Crippen molar-refractivity contribution in [2.24, 2.45) is 34.5 Å². The van der Waals surface area contributed by atoms with Gasteiger partial charge in [0.05, 0.1) is 0 Å². The van der Waals surface area contributed by atoms with Crippen molar-refractivity contribution in [2.45, 2.75) is 90.9 Å². The number of fused-ring (bicyclic) bond motifs is 5. The van der Waals surface area contributed by atoms with Gasteiger partial charge >= 0.3 is 0 Å². The third kappa shape index (κ3) is 1.85. The molecule has 4 aliphatic rings. The minimum Gasteiger partial charge on any atom is -0.0594 e. The molecule has 0 aromatic heterocycles. The van der Waals surface area contributed by atoms with E-state index in [-0.39, 0.29) is 0 Å². The fourth-order valence-electron chi connectivity index (χ4n) is 7.46. The van der Waals surface area contributed by atoms with Gasteiger partial charge in [0, 0.05) is 0 Å². The summed E-state index contributed by atoms with van der Waals surface area (Å²) in [5.74, 6) is 4.38. The second-order valence-corrected chi connectivity index (χ2v) is 9.34. The third-order valence-corrected chi connectivity index (χ3v) is 8.61. The van der Waals surface area contributed by atoms with Gasteiger partial charge in [-0.2, -0.15) is 0 Å². The second-order valence-electron chi connectivity index (χ2n) is 9.34. The van der Waals surface area contributed by atoms with E-state index in [0.717, 1.165) is 34.5 Å². The van der Waals surface area contributed by atoms with Crippen LogP contribution < -0.4 is 0 Å². The first-order valence-electron chi connectivity index (χ1n) is 9.63. The van der Waals surface area contributed by atoms with Gasteiger partial charge in [-0.15, -0.1) is 0 Å². The molecule has 4 rings (SSSR count). The lowest BCUT2D eigenvalue weighted by molar-refractivity contribution is -0.123. The second kappa shape index (κ2) is 4.75. The summed E-state index contributed by atoms with van der Waals surface area (Å²) in [7, 11) is 0. The molecule has 0 radical (unpaired) electrons. The Morgan fingerprint density at radius 2 is 1.45 bits per heavy atom. The summed E-state index contributed by atoms with van der Waals surface area (Å²) < 4.78 is 0. The predicted octanol–water partition coefficient (Wildman–Crippen LogP) is 6.20. The molecule has 0 aromatic carbocycles. The van der Waals surface area contributed by atoms with Crippen molar-refractivity contribution in [1.82, 2.24) is 0 Å². The molecule has 0 amide bonds. The van der Waals surface area contributed by atoms with Crippen molar-refractivity contribution in [3.05, 3.63) is 0 Å². The molecule has 4 fully saturated rings. The normalized spacial score (nSPS) is 55.5. The number of rotatable bonds is 0. The van der Waals surface area contributed by atoms with E-state index >= 15 is 0 Å². The Labute approximate surface area is 126 Å². The van der Waals surface area contributed by atoms with Crippen LogP contribution in [0.3, 0.4) is 0 Å². The van der Waals surface area contributed by atoms with Crippen molar-refractivity contribution < 1.29 is 0 Å². The highest BCUT2D eigenvalue weighted by molar-refractivity contribution is 5.05. The molecule has 0 aromatic rings. The molecular formula is C20H34. The van der Waals surface area contributed by atoms with E-state index < -0.39 is 0 Å². The maximum absolute atomic E-state index is 2.71. The topological polar surface area (TPSA) is 0 Å². The molecule has 0 aliphatic heterocycles. The molecule has 0 spiro atoms. The maximum Gasteiger partial charge on any atom is -0.0266 e. The van der Waals surface area contributed by atoms with E-state index in [1.807, 2.05) is 0 Å². The molecular weight excluding hydrogens is 240 g/mol. The van der Waals surface area contributed by atoms with Crippen molar-refractivity contribution in [2.75, 3.05) is 0 Å². The summed E-state index contributed by atoms with van der Waals surface area (Å²) in [6, 6.07) is 0. The monoisotopic (exact) mass is 274 g/mol. The molecule has 0 saturated heterocycles. The molecule has 4 aliphatic carbocycles. The van der Waals surface area contributed by atoms with Crippen LogP contribution in [0.5, 0.6) is 0 Å². The van der Waals surface area contributed by atoms with Crippen LogP contribution in [-0.2, 0) is 0 Å². The molecule has 20 heavy (non-hydrogen) atoms. The standard InChI is InChI=1S/C20H34/c1-19-12-5-4-8-17(19)16-10-9-15-7-3-6-13-20(15,2)18(16)11-14-19/h15-18H,3-14H2,1-2H3/t15-,16+,17+,18+,19+,20+/m1/s1. The molecule has 0 N–H and O–H groups in total. The van der Waals surface area contributed by atoms with Gasteiger partial charge in [-0.05, 0) is 85.9 Å². The summed E-state index contributed by atoms with van der Waals surface area (Å²) in [5, 5.41) is 0. The van der Waals surface area contributed by atoms with E-state index in [9.17, 15) is 0 Å². The zero-order chi connectivity index (χ0) is 13.8. The van der Waals surface area contributed by atoms with Gasteiger partial charge in [0.2, 0.25) is 0 Å². The summed E-state index contributed by atoms with van der Waals surface area (Å²) in [6.45, 7) is 5.36. The SMILES string of the molecule is C[C@@]12CCCC[C@H]1[C@@H]1CC[C@H]3CCCC[C@]3(C)[C@H]1CC2. The molecule has 0 heteroatoms. The van der Waals surface area contributed by atoms with Crippen LogP contribution in [0.2, 0.25) is 0 Å². The molecule has 6 atom stereocenters. The molecule has 114 valence electrons. The van der Waals surface area contributed by atoms with Crippen molar-refractivity contribution in [3.8, 4) is 0 Å². The third-order valence-electron chi connectivity index (χ3n) is 8.61. The average molecular weight is 274 g/mol. The minimum absolute atomic E-state index is 0.733. The highest BCUT2D eigenvalue weighted by atomic mass is 14.6. The smallest absolute Gasteiger partial charge is 0.0266 e. The largest absolute Gasteiger partial charge is 0.0594 e. The maximum atomic E-state index is 2.71. The quantitative estimate of drug-likeness (QED) is 0.493. The highest BCUT2D eigenvalue weighted by Gasteiger charge is 2.56. The Morgan fingerprint density at radius 1 is 0.650 bits per heavy atom. The van der Waals surface area contributed by atoms with E-state index in [0.29, 0.717) is 0 Å². The fourth-order valence-corrected chi connectivity index (χ4v) is 7.46. The van der Waals surface area contributed by atoms with Crippen LogP contribution in [0, 0.1) is 34.5 Å². The summed E-state index contributed by atoms with van der Waals surface area (Å²) >= 11 is 0. The van der Waals surface area contributed by atoms with Gasteiger partial charge in [0.25, 0.3) is 0 Å². The van der Waals surface area contributed by atoms with E-state index in [4.69, 9.17) is 0 Å². The van der Waals surface area contributed by atoms with Crippen LogP contribution in [-0.4, -0.2) is 0 Å². The van der Waals surface area contributed by atoms with E-state index in [1.165, 1.54) is 25.7 Å². The highest BCUT2D eigenvalue weighted by Crippen LogP contribution is 2.65. The van der Waals surface area contributed by atoms with Crippen LogP contribution in [0.15, 0.2) is 0 Å². The fraction of sp³-hybridized carbons (Fsp3) is 1.00. The van der Waals surface area contributed by atoms with Gasteiger partial charge in [-0.1, -0.05) is 39.5 Å². The van der Waals surface area contributed by atoms with Gasteiger partial charge in [0.1, 0.15) is 0 Å². The molecule has 0 heterocycles. The van der Waals surface area contributed by atoms with Gasteiger partial charge in [0.15, 0.2) is 0 Å². The Hall–Kier alpha value is 0. The van der Waals surface area contributed by atoms with Gasteiger partial charge in [-0.3, -0.25) is 0 Å². The Morgan fingerprint density at radius 3 is 2.35 bits per heavy atom. The first-order valence-corrected chi connectivity index (χ1v) is 9.63. The first-order chi connectivity index (χ1) is 9.63. The lowest BCUT2D eigenvalue weighted by atomic mass is 9.43. The lowest BCUT2D eigenvalue weighted by Gasteiger charge is -2.62. The Kier molecular flexibility index (Phi) is 3.24. The lowest BCUT2D eigenvalue weighted by Crippen LogP contribution is -2.53. The minimum atomic E-state index is 0.733. The average Bonchev–Trinajstić information content (AvgIpc) is 2.45. The van der Waals surface area contributed by atoms with Crippen molar-refractivity contribution in [1.29, 1.82) is 0 Å². The first kappa shape index (κ1) is 13.6. The number of hydrogen-bond donors (Lipinski definition) is 0. The Bertz CT molecular complexity index is 372. The Balaban J connectivity index is 1.63.